The Bertz CT molecular complexity index is 1050. The summed E-state index contributed by atoms with van der Waals surface area (Å²) in [7, 11) is 3.32. The van der Waals surface area contributed by atoms with E-state index in [2.05, 4.69) is 10.3 Å². The van der Waals surface area contributed by atoms with E-state index in [0.717, 1.165) is 5.56 Å². The highest BCUT2D eigenvalue weighted by Gasteiger charge is 2.30. The van der Waals surface area contributed by atoms with Gasteiger partial charge in [0, 0.05) is 58.2 Å². The van der Waals surface area contributed by atoms with E-state index in [1.54, 1.807) is 49.7 Å². The molecule has 0 radical (unpaired) electrons. The molecule has 35 heavy (non-hydrogen) atoms. The summed E-state index contributed by atoms with van der Waals surface area (Å²) in [6, 6.07) is 8.41. The molecular weight excluding hydrogens is 448 g/mol. The van der Waals surface area contributed by atoms with Gasteiger partial charge in [0.25, 0.3) is 5.91 Å². The number of aromatic nitrogens is 1. The minimum atomic E-state index is -0.285. The van der Waals surface area contributed by atoms with E-state index < -0.39 is 0 Å². The molecular formula is C26H34N4O5. The van der Waals surface area contributed by atoms with Crippen LogP contribution in [0, 0.1) is 5.92 Å². The highest BCUT2D eigenvalue weighted by atomic mass is 16.5. The molecule has 9 nitrogen and oxygen atoms in total. The quantitative estimate of drug-likeness (QED) is 0.719. The number of hydrogen-bond donors (Lipinski definition) is 1. The van der Waals surface area contributed by atoms with Crippen LogP contribution < -0.4 is 10.1 Å². The Balaban J connectivity index is 1.94. The predicted molar refractivity (Wildman–Crippen MR) is 132 cm³/mol. The van der Waals surface area contributed by atoms with E-state index >= 15 is 0 Å². The Morgan fingerprint density at radius 3 is 2.66 bits per heavy atom. The summed E-state index contributed by atoms with van der Waals surface area (Å²) in [5.41, 5.74) is 1.68. The van der Waals surface area contributed by atoms with Gasteiger partial charge in [-0.1, -0.05) is 13.0 Å². The number of hydrogen-bond acceptors (Lipinski definition) is 6. The summed E-state index contributed by atoms with van der Waals surface area (Å²) >= 11 is 0. The number of methoxy groups -OCH3 is 1. The van der Waals surface area contributed by atoms with Crippen molar-refractivity contribution in [3.05, 3.63) is 53.9 Å². The third kappa shape index (κ3) is 6.79. The lowest BCUT2D eigenvalue weighted by Crippen LogP contribution is -2.49. The van der Waals surface area contributed by atoms with Crippen LogP contribution in [0.3, 0.4) is 0 Å². The van der Waals surface area contributed by atoms with Gasteiger partial charge in [0.15, 0.2) is 0 Å². The van der Waals surface area contributed by atoms with Gasteiger partial charge in [0.1, 0.15) is 12.4 Å². The number of fused-ring (bicyclic) bond motifs is 1. The standard InChI is InChI=1S/C26H34N4O5/c1-17-14-30(25(32)11-20-7-6-10-27-13-20)18(2)16-35-23-9-8-21(28-19(3)31)12-22(23)26(33)29(4)15-24(17)34-5/h6-10,12-13,17-18,24H,11,14-16H2,1-5H3,(H,28,31)/t17-,18-,24-/m1/s1. The summed E-state index contributed by atoms with van der Waals surface area (Å²) in [6.45, 7) is 6.34. The van der Waals surface area contributed by atoms with Crippen molar-refractivity contribution >= 4 is 23.4 Å². The average molecular weight is 483 g/mol. The summed E-state index contributed by atoms with van der Waals surface area (Å²) in [6.07, 6.45) is 3.32. The van der Waals surface area contributed by atoms with Crippen molar-refractivity contribution in [2.24, 2.45) is 5.92 Å². The maximum Gasteiger partial charge on any atom is 0.257 e. The van der Waals surface area contributed by atoms with Gasteiger partial charge in [-0.3, -0.25) is 19.4 Å². The number of pyridine rings is 1. The molecule has 1 N–H and O–H groups in total. The highest BCUT2D eigenvalue weighted by Crippen LogP contribution is 2.26. The van der Waals surface area contributed by atoms with Crippen LogP contribution in [0.2, 0.25) is 0 Å². The Hall–Kier alpha value is -3.46. The maximum absolute atomic E-state index is 13.3. The zero-order chi connectivity index (χ0) is 25.5. The Labute approximate surface area is 206 Å². The molecule has 0 bridgehead atoms. The van der Waals surface area contributed by atoms with E-state index in [1.165, 1.54) is 6.92 Å². The number of ether oxygens (including phenoxy) is 2. The van der Waals surface area contributed by atoms with Gasteiger partial charge < -0.3 is 24.6 Å². The molecule has 0 unspecified atom stereocenters. The van der Waals surface area contributed by atoms with Crippen LogP contribution in [0.25, 0.3) is 0 Å². The minimum Gasteiger partial charge on any atom is -0.491 e. The van der Waals surface area contributed by atoms with Crippen LogP contribution in [-0.4, -0.2) is 78.5 Å². The molecule has 2 aromatic rings. The first kappa shape index (κ1) is 26.2. The monoisotopic (exact) mass is 482 g/mol. The number of carbonyl (C=O) groups excluding carboxylic acids is 3. The molecule has 0 saturated heterocycles. The van der Waals surface area contributed by atoms with Gasteiger partial charge in [0.05, 0.1) is 24.1 Å². The third-order valence-electron chi connectivity index (χ3n) is 6.16. The van der Waals surface area contributed by atoms with Crippen LogP contribution in [0.1, 0.15) is 36.7 Å². The molecule has 1 aromatic heterocycles. The van der Waals surface area contributed by atoms with Crippen molar-refractivity contribution in [2.75, 3.05) is 39.2 Å². The maximum atomic E-state index is 13.3. The molecule has 0 saturated carbocycles. The van der Waals surface area contributed by atoms with Crippen molar-refractivity contribution in [3.8, 4) is 5.75 Å². The van der Waals surface area contributed by atoms with Crippen molar-refractivity contribution in [1.82, 2.24) is 14.8 Å². The molecule has 3 atom stereocenters. The van der Waals surface area contributed by atoms with Gasteiger partial charge >= 0.3 is 0 Å². The highest BCUT2D eigenvalue weighted by molar-refractivity contribution is 5.99. The van der Waals surface area contributed by atoms with Crippen molar-refractivity contribution < 1.29 is 23.9 Å². The largest absolute Gasteiger partial charge is 0.491 e. The molecule has 0 fully saturated rings. The first-order valence-electron chi connectivity index (χ1n) is 11.7. The van der Waals surface area contributed by atoms with Crippen molar-refractivity contribution in [1.29, 1.82) is 0 Å². The molecule has 1 aliphatic heterocycles. The normalized spacial score (nSPS) is 21.3. The van der Waals surface area contributed by atoms with Crippen LogP contribution >= 0.6 is 0 Å². The summed E-state index contributed by atoms with van der Waals surface area (Å²) < 4.78 is 11.8. The van der Waals surface area contributed by atoms with E-state index in [-0.39, 0.29) is 48.8 Å². The summed E-state index contributed by atoms with van der Waals surface area (Å²) in [4.78, 5) is 45.7. The number of carbonyl (C=O) groups is 3. The minimum absolute atomic E-state index is 0.0291. The number of nitrogens with zero attached hydrogens (tertiary/aromatic N) is 3. The third-order valence-corrected chi connectivity index (χ3v) is 6.16. The average Bonchev–Trinajstić information content (AvgIpc) is 2.83. The van der Waals surface area contributed by atoms with Crippen molar-refractivity contribution in [2.45, 2.75) is 39.3 Å². The van der Waals surface area contributed by atoms with E-state index in [0.29, 0.717) is 30.1 Å². The lowest BCUT2D eigenvalue weighted by Gasteiger charge is -2.36. The first-order valence-corrected chi connectivity index (χ1v) is 11.7. The fourth-order valence-corrected chi connectivity index (χ4v) is 4.18. The van der Waals surface area contributed by atoms with Gasteiger partial charge in [0.2, 0.25) is 11.8 Å². The SMILES string of the molecule is CO[C@@H]1CN(C)C(=O)c2cc(NC(C)=O)ccc2OC[C@@H](C)N(C(=O)Cc2cccnc2)C[C@H]1C. The first-order chi connectivity index (χ1) is 16.7. The van der Waals surface area contributed by atoms with Crippen LogP contribution in [-0.2, 0) is 20.7 Å². The number of likely N-dealkylation sites (N-methyl/N-ethyl adjacent to an activating group) is 1. The smallest absolute Gasteiger partial charge is 0.257 e. The predicted octanol–water partition coefficient (Wildman–Crippen LogP) is 2.62. The van der Waals surface area contributed by atoms with Crippen molar-refractivity contribution in [3.63, 3.8) is 0 Å². The molecule has 0 spiro atoms. The van der Waals surface area contributed by atoms with E-state index in [1.807, 2.05) is 30.9 Å². The van der Waals surface area contributed by atoms with Crippen LogP contribution in [0.15, 0.2) is 42.7 Å². The van der Waals surface area contributed by atoms with Gasteiger partial charge in [-0.25, -0.2) is 0 Å². The number of benzene rings is 1. The lowest BCUT2D eigenvalue weighted by molar-refractivity contribution is -0.134. The number of nitrogens with one attached hydrogen (secondary N) is 1. The fourth-order valence-electron chi connectivity index (χ4n) is 4.18. The zero-order valence-corrected chi connectivity index (χ0v) is 21.0. The van der Waals surface area contributed by atoms with Crippen LogP contribution in [0.5, 0.6) is 5.75 Å². The summed E-state index contributed by atoms with van der Waals surface area (Å²) in [5, 5.41) is 2.71. The lowest BCUT2D eigenvalue weighted by atomic mass is 10.0. The molecule has 3 rings (SSSR count). The van der Waals surface area contributed by atoms with E-state index in [4.69, 9.17) is 9.47 Å². The number of amides is 3. The van der Waals surface area contributed by atoms with Gasteiger partial charge in [-0.05, 0) is 36.8 Å². The molecule has 3 amide bonds. The molecule has 9 heteroatoms. The molecule has 0 aliphatic carbocycles. The topological polar surface area (TPSA) is 101 Å². The second kappa shape index (κ2) is 11.8. The second-order valence-electron chi connectivity index (χ2n) is 9.07. The Kier molecular flexibility index (Phi) is 8.81. The van der Waals surface area contributed by atoms with Gasteiger partial charge in [-0.15, -0.1) is 0 Å². The molecule has 188 valence electrons. The second-order valence-corrected chi connectivity index (χ2v) is 9.07. The number of rotatable bonds is 4. The molecule has 2 heterocycles. The molecule has 1 aromatic carbocycles. The molecule has 1 aliphatic rings. The van der Waals surface area contributed by atoms with Crippen LogP contribution in [0.4, 0.5) is 5.69 Å². The fraction of sp³-hybridized carbons (Fsp3) is 0.462. The number of anilines is 1. The van der Waals surface area contributed by atoms with Gasteiger partial charge in [-0.2, -0.15) is 0 Å². The Morgan fingerprint density at radius 1 is 1.23 bits per heavy atom. The zero-order valence-electron chi connectivity index (χ0n) is 21.0. The van der Waals surface area contributed by atoms with E-state index in [9.17, 15) is 14.4 Å². The summed E-state index contributed by atoms with van der Waals surface area (Å²) in [5.74, 6) is -0.146. The Morgan fingerprint density at radius 2 is 2.00 bits per heavy atom.